The van der Waals surface area contributed by atoms with Gasteiger partial charge in [0.15, 0.2) is 0 Å². The predicted octanol–water partition coefficient (Wildman–Crippen LogP) is 4.45. The molecule has 0 bridgehead atoms. The minimum Gasteiger partial charge on any atom is -0.497 e. The second-order valence-corrected chi connectivity index (χ2v) is 7.80. The minimum atomic E-state index is -0.403. The van der Waals surface area contributed by atoms with Gasteiger partial charge >= 0.3 is 6.03 Å². The quantitative estimate of drug-likeness (QED) is 0.696. The van der Waals surface area contributed by atoms with Gasteiger partial charge in [-0.3, -0.25) is 10.00 Å². The van der Waals surface area contributed by atoms with Gasteiger partial charge in [0, 0.05) is 30.1 Å². The van der Waals surface area contributed by atoms with E-state index in [1.54, 1.807) is 22.1 Å². The number of H-pyrrole nitrogens is 1. The SMILES string of the molecule is COc1cc(F)cc(CN2C(=O)N(c3ccc(-c4cn[nH]c4)cc3)CC2(C)C)c1. The van der Waals surface area contributed by atoms with Gasteiger partial charge in [0.1, 0.15) is 11.6 Å². The zero-order valence-corrected chi connectivity index (χ0v) is 16.6. The summed E-state index contributed by atoms with van der Waals surface area (Å²) < 4.78 is 19.0. The van der Waals surface area contributed by atoms with Crippen LogP contribution in [0.15, 0.2) is 54.9 Å². The van der Waals surface area contributed by atoms with E-state index in [0.29, 0.717) is 24.4 Å². The number of rotatable bonds is 5. The molecule has 0 unspecified atom stereocenters. The summed E-state index contributed by atoms with van der Waals surface area (Å²) in [5.41, 5.74) is 3.14. The molecule has 1 fully saturated rings. The first-order valence-electron chi connectivity index (χ1n) is 9.39. The van der Waals surface area contributed by atoms with Gasteiger partial charge in [0.05, 0.1) is 25.4 Å². The molecule has 1 aliphatic heterocycles. The molecule has 2 aromatic carbocycles. The maximum absolute atomic E-state index is 13.9. The molecule has 0 spiro atoms. The van der Waals surface area contributed by atoms with E-state index in [1.807, 2.05) is 44.3 Å². The van der Waals surface area contributed by atoms with Crippen molar-refractivity contribution in [3.05, 3.63) is 66.2 Å². The summed E-state index contributed by atoms with van der Waals surface area (Å²) in [6.07, 6.45) is 3.59. The topological polar surface area (TPSA) is 61.5 Å². The minimum absolute atomic E-state index is 0.103. The van der Waals surface area contributed by atoms with Crippen LogP contribution < -0.4 is 9.64 Å². The highest BCUT2D eigenvalue weighted by Crippen LogP contribution is 2.33. The summed E-state index contributed by atoms with van der Waals surface area (Å²) in [6, 6.07) is 12.2. The monoisotopic (exact) mass is 394 g/mol. The largest absolute Gasteiger partial charge is 0.497 e. The highest BCUT2D eigenvalue weighted by Gasteiger charge is 2.43. The smallest absolute Gasteiger partial charge is 0.325 e. The molecule has 1 saturated heterocycles. The van der Waals surface area contributed by atoms with E-state index in [0.717, 1.165) is 16.8 Å². The van der Waals surface area contributed by atoms with Gasteiger partial charge in [-0.15, -0.1) is 0 Å². The molecule has 4 rings (SSSR count). The molecule has 2 heterocycles. The third-order valence-corrected chi connectivity index (χ3v) is 5.26. The van der Waals surface area contributed by atoms with Crippen LogP contribution >= 0.6 is 0 Å². The average molecular weight is 394 g/mol. The predicted molar refractivity (Wildman–Crippen MR) is 109 cm³/mol. The molecule has 1 aromatic heterocycles. The zero-order valence-electron chi connectivity index (χ0n) is 16.6. The van der Waals surface area contributed by atoms with E-state index >= 15 is 0 Å². The summed E-state index contributed by atoms with van der Waals surface area (Å²) in [5.74, 6) is 0.0617. The lowest BCUT2D eigenvalue weighted by Crippen LogP contribution is -2.41. The fraction of sp³-hybridized carbons (Fsp3) is 0.273. The number of anilines is 1. The van der Waals surface area contributed by atoms with Gasteiger partial charge in [-0.2, -0.15) is 5.10 Å². The number of benzene rings is 2. The first kappa shape index (κ1) is 19.0. The molecule has 29 heavy (non-hydrogen) atoms. The number of nitrogens with zero attached hydrogens (tertiary/aromatic N) is 3. The number of amides is 2. The van der Waals surface area contributed by atoms with Crippen molar-refractivity contribution in [2.75, 3.05) is 18.6 Å². The molecular formula is C22H23FN4O2. The fourth-order valence-electron chi connectivity index (χ4n) is 3.68. The Labute approximate surface area is 168 Å². The van der Waals surface area contributed by atoms with E-state index in [2.05, 4.69) is 10.2 Å². The molecule has 7 heteroatoms. The summed E-state index contributed by atoms with van der Waals surface area (Å²) >= 11 is 0. The number of ether oxygens (including phenoxy) is 1. The van der Waals surface area contributed by atoms with Crippen LogP contribution in [0.3, 0.4) is 0 Å². The number of hydrogen-bond donors (Lipinski definition) is 1. The van der Waals surface area contributed by atoms with E-state index in [9.17, 15) is 9.18 Å². The Bertz CT molecular complexity index is 1020. The van der Waals surface area contributed by atoms with Crippen LogP contribution in [0.2, 0.25) is 0 Å². The number of hydrogen-bond acceptors (Lipinski definition) is 3. The molecule has 1 N–H and O–H groups in total. The van der Waals surface area contributed by atoms with Crippen molar-refractivity contribution in [1.82, 2.24) is 15.1 Å². The summed E-state index contributed by atoms with van der Waals surface area (Å²) in [6.45, 7) is 4.88. The van der Waals surface area contributed by atoms with Gasteiger partial charge in [0.2, 0.25) is 0 Å². The number of nitrogens with one attached hydrogen (secondary N) is 1. The second kappa shape index (κ2) is 7.24. The van der Waals surface area contributed by atoms with Crippen LogP contribution in [0.5, 0.6) is 5.75 Å². The summed E-state index contributed by atoms with van der Waals surface area (Å²) in [4.78, 5) is 16.7. The third-order valence-electron chi connectivity index (χ3n) is 5.26. The number of carbonyl (C=O) groups excluding carboxylic acids is 1. The summed E-state index contributed by atoms with van der Waals surface area (Å²) in [5, 5.41) is 6.77. The third kappa shape index (κ3) is 3.68. The van der Waals surface area contributed by atoms with Crippen molar-refractivity contribution in [1.29, 1.82) is 0 Å². The van der Waals surface area contributed by atoms with Crippen molar-refractivity contribution in [2.45, 2.75) is 25.9 Å². The van der Waals surface area contributed by atoms with Crippen LogP contribution in [-0.2, 0) is 6.54 Å². The molecule has 0 atom stereocenters. The average Bonchev–Trinajstić information content (AvgIpc) is 3.31. The normalized spacial score (nSPS) is 15.8. The molecule has 0 radical (unpaired) electrons. The molecule has 6 nitrogen and oxygen atoms in total. The molecule has 0 saturated carbocycles. The number of urea groups is 1. The number of aromatic amines is 1. The van der Waals surface area contributed by atoms with Crippen LogP contribution in [0.4, 0.5) is 14.9 Å². The number of aromatic nitrogens is 2. The van der Waals surface area contributed by atoms with Crippen LogP contribution in [0, 0.1) is 5.82 Å². The van der Waals surface area contributed by atoms with E-state index in [1.165, 1.54) is 19.2 Å². The first-order valence-corrected chi connectivity index (χ1v) is 9.39. The number of halogens is 1. The zero-order chi connectivity index (χ0) is 20.6. The van der Waals surface area contributed by atoms with Gasteiger partial charge in [-0.05, 0) is 49.2 Å². The van der Waals surface area contributed by atoms with Gasteiger partial charge in [-0.25, -0.2) is 9.18 Å². The Kier molecular flexibility index (Phi) is 4.74. The maximum Gasteiger partial charge on any atom is 0.325 e. The van der Waals surface area contributed by atoms with Crippen LogP contribution in [0.25, 0.3) is 11.1 Å². The summed E-state index contributed by atoms with van der Waals surface area (Å²) in [7, 11) is 1.50. The van der Waals surface area contributed by atoms with Crippen molar-refractivity contribution < 1.29 is 13.9 Å². The Morgan fingerprint density at radius 3 is 2.59 bits per heavy atom. The molecule has 2 amide bonds. The van der Waals surface area contributed by atoms with E-state index in [4.69, 9.17) is 4.74 Å². The Balaban J connectivity index is 1.57. The Morgan fingerprint density at radius 1 is 1.17 bits per heavy atom. The molecule has 3 aromatic rings. The lowest BCUT2D eigenvalue weighted by molar-refractivity contribution is 0.172. The number of methoxy groups -OCH3 is 1. The fourth-order valence-corrected chi connectivity index (χ4v) is 3.68. The van der Waals surface area contributed by atoms with Crippen molar-refractivity contribution >= 4 is 11.7 Å². The maximum atomic E-state index is 13.9. The van der Waals surface area contributed by atoms with E-state index in [-0.39, 0.29) is 11.8 Å². The molecular weight excluding hydrogens is 371 g/mol. The first-order chi connectivity index (χ1) is 13.9. The second-order valence-electron chi connectivity index (χ2n) is 7.80. The molecule has 150 valence electrons. The van der Waals surface area contributed by atoms with Crippen molar-refractivity contribution in [2.24, 2.45) is 0 Å². The molecule has 0 aliphatic carbocycles. The lowest BCUT2D eigenvalue weighted by Gasteiger charge is -2.29. The Morgan fingerprint density at radius 2 is 1.93 bits per heavy atom. The number of carbonyl (C=O) groups is 1. The standard InChI is InChI=1S/C22H23FN4O2/c1-22(2)14-26(19-6-4-16(5-7-19)17-11-24-25-12-17)21(28)27(22)13-15-8-18(23)10-20(9-15)29-3/h4-12H,13-14H2,1-3H3,(H,24,25). The van der Waals surface area contributed by atoms with Crippen molar-refractivity contribution in [3.8, 4) is 16.9 Å². The highest BCUT2D eigenvalue weighted by atomic mass is 19.1. The van der Waals surface area contributed by atoms with Gasteiger partial charge in [-0.1, -0.05) is 12.1 Å². The Hall–Kier alpha value is -3.35. The van der Waals surface area contributed by atoms with Gasteiger partial charge < -0.3 is 9.64 Å². The lowest BCUT2D eigenvalue weighted by atomic mass is 10.0. The van der Waals surface area contributed by atoms with Crippen molar-refractivity contribution in [3.63, 3.8) is 0 Å². The van der Waals surface area contributed by atoms with E-state index < -0.39 is 5.54 Å². The van der Waals surface area contributed by atoms with Gasteiger partial charge in [0.25, 0.3) is 0 Å². The molecule has 1 aliphatic rings. The van der Waals surface area contributed by atoms with Crippen LogP contribution in [0.1, 0.15) is 19.4 Å². The van der Waals surface area contributed by atoms with Crippen LogP contribution in [-0.4, -0.2) is 40.3 Å². The highest BCUT2D eigenvalue weighted by molar-refractivity contribution is 5.95.